The van der Waals surface area contributed by atoms with E-state index in [1.807, 2.05) is 0 Å². The molecule has 1 rings (SSSR count). The summed E-state index contributed by atoms with van der Waals surface area (Å²) in [6.07, 6.45) is 6.65. The van der Waals surface area contributed by atoms with Crippen LogP contribution in [0.3, 0.4) is 0 Å². The summed E-state index contributed by atoms with van der Waals surface area (Å²) in [5, 5.41) is 3.84. The Kier molecular flexibility index (Phi) is 1.16. The first-order valence-electron chi connectivity index (χ1n) is 2.50. The first kappa shape index (κ1) is 5.70. The molecule has 0 aliphatic heterocycles. The van der Waals surface area contributed by atoms with E-state index in [4.69, 9.17) is 12.2 Å². The number of rotatable bonds is 0. The maximum Gasteiger partial charge on any atom is 0.137 e. The highest BCUT2D eigenvalue weighted by Crippen LogP contribution is 2.05. The molecule has 0 radical (unpaired) electrons. The highest BCUT2D eigenvalue weighted by atomic mass is 15.3. The van der Waals surface area contributed by atoms with Gasteiger partial charge in [-0.1, -0.05) is 5.92 Å². The first-order valence-corrected chi connectivity index (χ1v) is 2.50. The summed E-state index contributed by atoms with van der Waals surface area (Å²) in [4.78, 5) is 0. The van der Waals surface area contributed by atoms with Crippen LogP contribution in [0.5, 0.6) is 0 Å². The molecule has 1 aromatic heterocycles. The molecular weight excluding hydrogens is 114 g/mol. The minimum Gasteiger partial charge on any atom is -0.383 e. The molecule has 9 heavy (non-hydrogen) atoms. The standard InChI is InChI=1S/C6H7N3/c1-3-5-4-8-9(2)6(5)7/h1,4H,7H2,2H3. The monoisotopic (exact) mass is 121 g/mol. The van der Waals surface area contributed by atoms with E-state index in [0.29, 0.717) is 11.4 Å². The van der Waals surface area contributed by atoms with Gasteiger partial charge in [-0.05, 0) is 0 Å². The smallest absolute Gasteiger partial charge is 0.137 e. The molecule has 1 aromatic rings. The Hall–Kier alpha value is -1.43. The molecule has 0 saturated carbocycles. The van der Waals surface area contributed by atoms with Gasteiger partial charge in [-0.15, -0.1) is 6.42 Å². The number of nitrogens with zero attached hydrogens (tertiary/aromatic N) is 2. The summed E-state index contributed by atoms with van der Waals surface area (Å²) in [7, 11) is 1.75. The van der Waals surface area contributed by atoms with Gasteiger partial charge in [0, 0.05) is 7.05 Å². The van der Waals surface area contributed by atoms with E-state index >= 15 is 0 Å². The molecule has 0 unspecified atom stereocenters. The number of hydrogen-bond donors (Lipinski definition) is 1. The molecule has 1 heterocycles. The molecule has 3 nitrogen and oxygen atoms in total. The zero-order chi connectivity index (χ0) is 6.85. The zero-order valence-electron chi connectivity index (χ0n) is 5.13. The van der Waals surface area contributed by atoms with Gasteiger partial charge in [0.2, 0.25) is 0 Å². The second-order valence-electron chi connectivity index (χ2n) is 1.71. The quantitative estimate of drug-likeness (QED) is 0.490. The fourth-order valence-electron chi connectivity index (χ4n) is 0.558. The van der Waals surface area contributed by atoms with Crippen molar-refractivity contribution in [1.82, 2.24) is 9.78 Å². The van der Waals surface area contributed by atoms with Crippen LogP contribution in [0.25, 0.3) is 0 Å². The Morgan fingerprint density at radius 1 is 1.89 bits per heavy atom. The second-order valence-corrected chi connectivity index (χ2v) is 1.71. The van der Waals surface area contributed by atoms with Crippen molar-refractivity contribution in [3.63, 3.8) is 0 Å². The summed E-state index contributed by atoms with van der Waals surface area (Å²) >= 11 is 0. The predicted molar refractivity (Wildman–Crippen MR) is 35.6 cm³/mol. The van der Waals surface area contributed by atoms with Gasteiger partial charge < -0.3 is 5.73 Å². The minimum absolute atomic E-state index is 0.539. The van der Waals surface area contributed by atoms with Crippen LogP contribution in [0.1, 0.15) is 5.56 Å². The lowest BCUT2D eigenvalue weighted by atomic mass is 10.3. The van der Waals surface area contributed by atoms with Crippen molar-refractivity contribution in [2.45, 2.75) is 0 Å². The molecule has 2 N–H and O–H groups in total. The molecular formula is C6H7N3. The zero-order valence-corrected chi connectivity index (χ0v) is 5.13. The van der Waals surface area contributed by atoms with Gasteiger partial charge in [-0.3, -0.25) is 4.68 Å². The van der Waals surface area contributed by atoms with Crippen molar-refractivity contribution in [2.75, 3.05) is 5.73 Å². The molecule has 0 aliphatic carbocycles. The van der Waals surface area contributed by atoms with Crippen molar-refractivity contribution in [3.05, 3.63) is 11.8 Å². The van der Waals surface area contributed by atoms with Crippen LogP contribution in [-0.2, 0) is 7.05 Å². The molecule has 0 bridgehead atoms. The van der Waals surface area contributed by atoms with Gasteiger partial charge in [0.15, 0.2) is 0 Å². The normalized spacial score (nSPS) is 8.89. The van der Waals surface area contributed by atoms with Crippen LogP contribution < -0.4 is 5.73 Å². The third-order valence-electron chi connectivity index (χ3n) is 1.14. The Balaban J connectivity index is 3.24. The van der Waals surface area contributed by atoms with Crippen LogP contribution in [0.4, 0.5) is 5.82 Å². The number of aromatic nitrogens is 2. The molecule has 0 amide bonds. The molecule has 0 fully saturated rings. The molecule has 46 valence electrons. The van der Waals surface area contributed by atoms with Crippen molar-refractivity contribution in [1.29, 1.82) is 0 Å². The summed E-state index contributed by atoms with van der Waals surface area (Å²) in [5.74, 6) is 2.95. The van der Waals surface area contributed by atoms with Gasteiger partial charge in [-0.2, -0.15) is 5.10 Å². The van der Waals surface area contributed by atoms with Crippen molar-refractivity contribution >= 4 is 5.82 Å². The van der Waals surface area contributed by atoms with E-state index in [1.165, 1.54) is 4.68 Å². The first-order chi connectivity index (χ1) is 4.25. The SMILES string of the molecule is C#Cc1cnn(C)c1N. The molecule has 3 heteroatoms. The van der Waals surface area contributed by atoms with Gasteiger partial charge in [0.25, 0.3) is 0 Å². The van der Waals surface area contributed by atoms with E-state index in [-0.39, 0.29) is 0 Å². The number of nitrogen functional groups attached to an aromatic ring is 1. The van der Waals surface area contributed by atoms with E-state index in [1.54, 1.807) is 13.2 Å². The summed E-state index contributed by atoms with van der Waals surface area (Å²) in [6, 6.07) is 0. The predicted octanol–water partition coefficient (Wildman–Crippen LogP) is -0.0164. The van der Waals surface area contributed by atoms with E-state index < -0.39 is 0 Å². The Bertz CT molecular complexity index is 254. The summed E-state index contributed by atoms with van der Waals surface area (Å²) in [5.41, 5.74) is 6.12. The third kappa shape index (κ3) is 0.745. The Labute approximate surface area is 53.5 Å². The fraction of sp³-hybridized carbons (Fsp3) is 0.167. The second kappa shape index (κ2) is 1.82. The minimum atomic E-state index is 0.539. The third-order valence-corrected chi connectivity index (χ3v) is 1.14. The average Bonchev–Trinajstić information content (AvgIpc) is 2.15. The maximum absolute atomic E-state index is 5.47. The van der Waals surface area contributed by atoms with Gasteiger partial charge in [0.1, 0.15) is 5.82 Å². The molecule has 0 aromatic carbocycles. The number of hydrogen-bond acceptors (Lipinski definition) is 2. The average molecular weight is 121 g/mol. The van der Waals surface area contributed by atoms with Crippen molar-refractivity contribution in [3.8, 4) is 12.3 Å². The van der Waals surface area contributed by atoms with Gasteiger partial charge in [0.05, 0.1) is 11.8 Å². The molecule has 0 aliphatic rings. The Morgan fingerprint density at radius 2 is 2.56 bits per heavy atom. The highest BCUT2D eigenvalue weighted by Gasteiger charge is 1.98. The lowest BCUT2D eigenvalue weighted by Crippen LogP contribution is -1.97. The van der Waals surface area contributed by atoms with Crippen LogP contribution >= 0.6 is 0 Å². The van der Waals surface area contributed by atoms with Gasteiger partial charge in [-0.25, -0.2) is 0 Å². The topological polar surface area (TPSA) is 43.8 Å². The maximum atomic E-state index is 5.47. The van der Waals surface area contributed by atoms with Crippen LogP contribution in [0.15, 0.2) is 6.20 Å². The van der Waals surface area contributed by atoms with Gasteiger partial charge >= 0.3 is 0 Å². The van der Waals surface area contributed by atoms with Crippen LogP contribution in [-0.4, -0.2) is 9.78 Å². The van der Waals surface area contributed by atoms with Crippen molar-refractivity contribution < 1.29 is 0 Å². The lowest BCUT2D eigenvalue weighted by Gasteiger charge is -1.90. The summed E-state index contributed by atoms with van der Waals surface area (Å²) < 4.78 is 1.54. The van der Waals surface area contributed by atoms with Crippen molar-refractivity contribution in [2.24, 2.45) is 7.05 Å². The van der Waals surface area contributed by atoms with E-state index in [2.05, 4.69) is 11.0 Å². The number of nitrogens with two attached hydrogens (primary N) is 1. The molecule has 0 atom stereocenters. The summed E-state index contributed by atoms with van der Waals surface area (Å²) in [6.45, 7) is 0. The largest absolute Gasteiger partial charge is 0.383 e. The lowest BCUT2D eigenvalue weighted by molar-refractivity contribution is 0.779. The molecule has 0 spiro atoms. The van der Waals surface area contributed by atoms with E-state index in [9.17, 15) is 0 Å². The van der Waals surface area contributed by atoms with E-state index in [0.717, 1.165) is 0 Å². The molecule has 0 saturated heterocycles. The fourth-order valence-corrected chi connectivity index (χ4v) is 0.558. The highest BCUT2D eigenvalue weighted by molar-refractivity contribution is 5.48. The Morgan fingerprint density at radius 3 is 2.78 bits per heavy atom. The number of anilines is 1. The van der Waals surface area contributed by atoms with Crippen LogP contribution in [0, 0.1) is 12.3 Å². The number of aryl methyl sites for hydroxylation is 1. The van der Waals surface area contributed by atoms with Crippen LogP contribution in [0.2, 0.25) is 0 Å². The number of terminal acetylenes is 1.